The number of rotatable bonds is 2. The summed E-state index contributed by atoms with van der Waals surface area (Å²) < 4.78 is 7.16. The van der Waals surface area contributed by atoms with Crippen LogP contribution in [-0.4, -0.2) is 29.0 Å². The summed E-state index contributed by atoms with van der Waals surface area (Å²) in [5.74, 6) is 0. The highest BCUT2D eigenvalue weighted by molar-refractivity contribution is 5.46. The maximum atomic E-state index is 5.29. The van der Waals surface area contributed by atoms with Crippen molar-refractivity contribution in [1.82, 2.24) is 9.78 Å². The Bertz CT molecular complexity index is 289. The van der Waals surface area contributed by atoms with Gasteiger partial charge in [0, 0.05) is 13.7 Å². The molecule has 0 aromatic carbocycles. The number of aryl methyl sites for hydroxylation is 1. The second-order valence-electron chi connectivity index (χ2n) is 3.47. The molecule has 0 aliphatic carbocycles. The van der Waals surface area contributed by atoms with Gasteiger partial charge in [0.15, 0.2) is 0 Å². The van der Waals surface area contributed by atoms with Gasteiger partial charge in [-0.05, 0) is 13.3 Å². The van der Waals surface area contributed by atoms with Crippen molar-refractivity contribution < 1.29 is 4.74 Å². The fourth-order valence-electron chi connectivity index (χ4n) is 1.51. The van der Waals surface area contributed by atoms with Crippen molar-refractivity contribution in [3.63, 3.8) is 0 Å². The van der Waals surface area contributed by atoms with E-state index in [4.69, 9.17) is 4.74 Å². The molecule has 1 unspecified atom stereocenters. The standard InChI is InChI=1S/C9H15N3O/c1-7-9(5-10-12(7)2)11-8-3-4-13-6-8/h5,8,11H,3-4,6H2,1-2H3. The van der Waals surface area contributed by atoms with Gasteiger partial charge in [-0.1, -0.05) is 0 Å². The van der Waals surface area contributed by atoms with E-state index in [0.29, 0.717) is 6.04 Å². The normalized spacial score (nSPS) is 22.2. The van der Waals surface area contributed by atoms with Gasteiger partial charge in [0.25, 0.3) is 0 Å². The summed E-state index contributed by atoms with van der Waals surface area (Å²) in [6, 6.07) is 0.461. The van der Waals surface area contributed by atoms with Crippen LogP contribution < -0.4 is 5.32 Å². The summed E-state index contributed by atoms with van der Waals surface area (Å²) in [7, 11) is 1.95. The van der Waals surface area contributed by atoms with Crippen molar-refractivity contribution in [3.05, 3.63) is 11.9 Å². The zero-order valence-corrected chi connectivity index (χ0v) is 8.08. The lowest BCUT2D eigenvalue weighted by Gasteiger charge is -2.10. The van der Waals surface area contributed by atoms with Gasteiger partial charge in [0.05, 0.1) is 30.2 Å². The smallest absolute Gasteiger partial charge is 0.0759 e. The molecule has 1 N–H and O–H groups in total. The van der Waals surface area contributed by atoms with Gasteiger partial charge in [0.1, 0.15) is 0 Å². The van der Waals surface area contributed by atoms with E-state index < -0.39 is 0 Å². The van der Waals surface area contributed by atoms with Gasteiger partial charge in [-0.15, -0.1) is 0 Å². The molecular weight excluding hydrogens is 166 g/mol. The lowest BCUT2D eigenvalue weighted by molar-refractivity contribution is 0.195. The summed E-state index contributed by atoms with van der Waals surface area (Å²) in [6.45, 7) is 3.75. The molecule has 0 bridgehead atoms. The lowest BCUT2D eigenvalue weighted by atomic mass is 10.2. The minimum absolute atomic E-state index is 0.461. The molecular formula is C9H15N3O. The van der Waals surface area contributed by atoms with E-state index in [-0.39, 0.29) is 0 Å². The minimum Gasteiger partial charge on any atom is -0.379 e. The predicted octanol–water partition coefficient (Wildman–Crippen LogP) is 0.929. The average Bonchev–Trinajstić information content (AvgIpc) is 2.71. The first-order valence-corrected chi connectivity index (χ1v) is 4.60. The van der Waals surface area contributed by atoms with E-state index in [1.807, 2.05) is 17.9 Å². The highest BCUT2D eigenvalue weighted by atomic mass is 16.5. The molecule has 4 heteroatoms. The minimum atomic E-state index is 0.461. The zero-order valence-electron chi connectivity index (χ0n) is 8.08. The monoisotopic (exact) mass is 181 g/mol. The van der Waals surface area contributed by atoms with E-state index in [9.17, 15) is 0 Å². The van der Waals surface area contributed by atoms with Crippen LogP contribution in [0.1, 0.15) is 12.1 Å². The number of anilines is 1. The summed E-state index contributed by atoms with van der Waals surface area (Å²) in [4.78, 5) is 0. The van der Waals surface area contributed by atoms with Crippen molar-refractivity contribution in [2.45, 2.75) is 19.4 Å². The van der Waals surface area contributed by atoms with E-state index >= 15 is 0 Å². The number of nitrogens with zero attached hydrogens (tertiary/aromatic N) is 2. The molecule has 1 aliphatic heterocycles. The quantitative estimate of drug-likeness (QED) is 0.737. The Hall–Kier alpha value is -1.03. The van der Waals surface area contributed by atoms with Crippen LogP contribution in [0, 0.1) is 6.92 Å². The molecule has 1 saturated heterocycles. The van der Waals surface area contributed by atoms with Gasteiger partial charge in [-0.3, -0.25) is 4.68 Å². The third-order valence-corrected chi connectivity index (χ3v) is 2.52. The molecule has 72 valence electrons. The average molecular weight is 181 g/mol. The SMILES string of the molecule is Cc1c(NC2CCOC2)cnn1C. The zero-order chi connectivity index (χ0) is 9.26. The third kappa shape index (κ3) is 1.67. The number of nitrogens with one attached hydrogen (secondary N) is 1. The van der Waals surface area contributed by atoms with Crippen molar-refractivity contribution in [1.29, 1.82) is 0 Å². The second-order valence-corrected chi connectivity index (χ2v) is 3.47. The Labute approximate surface area is 77.9 Å². The van der Waals surface area contributed by atoms with Gasteiger partial charge in [0.2, 0.25) is 0 Å². The van der Waals surface area contributed by atoms with Gasteiger partial charge < -0.3 is 10.1 Å². The second kappa shape index (κ2) is 3.38. The van der Waals surface area contributed by atoms with Gasteiger partial charge >= 0.3 is 0 Å². The predicted molar refractivity (Wildman–Crippen MR) is 50.8 cm³/mol. The number of ether oxygens (including phenoxy) is 1. The molecule has 4 nitrogen and oxygen atoms in total. The lowest BCUT2D eigenvalue weighted by Crippen LogP contribution is -2.19. The maximum absolute atomic E-state index is 5.29. The highest BCUT2D eigenvalue weighted by Gasteiger charge is 2.16. The van der Waals surface area contributed by atoms with E-state index in [1.165, 1.54) is 5.69 Å². The topological polar surface area (TPSA) is 39.1 Å². The van der Waals surface area contributed by atoms with Gasteiger partial charge in [-0.25, -0.2) is 0 Å². The molecule has 13 heavy (non-hydrogen) atoms. The Kier molecular flexibility index (Phi) is 2.22. The van der Waals surface area contributed by atoms with Crippen LogP contribution >= 0.6 is 0 Å². The summed E-state index contributed by atoms with van der Waals surface area (Å²) in [6.07, 6.45) is 2.96. The number of hydrogen-bond donors (Lipinski definition) is 1. The Morgan fingerprint density at radius 2 is 2.54 bits per heavy atom. The molecule has 2 heterocycles. The van der Waals surface area contributed by atoms with Crippen molar-refractivity contribution in [3.8, 4) is 0 Å². The van der Waals surface area contributed by atoms with Crippen LogP contribution in [0.15, 0.2) is 6.20 Å². The molecule has 0 saturated carbocycles. The molecule has 2 rings (SSSR count). The largest absolute Gasteiger partial charge is 0.379 e. The fraction of sp³-hybridized carbons (Fsp3) is 0.667. The van der Waals surface area contributed by atoms with Crippen LogP contribution in [0.4, 0.5) is 5.69 Å². The van der Waals surface area contributed by atoms with Crippen LogP contribution in [-0.2, 0) is 11.8 Å². The first-order chi connectivity index (χ1) is 6.27. The van der Waals surface area contributed by atoms with E-state index in [1.54, 1.807) is 0 Å². The first-order valence-electron chi connectivity index (χ1n) is 4.60. The summed E-state index contributed by atoms with van der Waals surface area (Å²) in [5, 5.41) is 7.59. The fourth-order valence-corrected chi connectivity index (χ4v) is 1.51. The molecule has 1 aromatic rings. The third-order valence-electron chi connectivity index (χ3n) is 2.52. The van der Waals surface area contributed by atoms with Crippen molar-refractivity contribution in [2.75, 3.05) is 18.5 Å². The van der Waals surface area contributed by atoms with Crippen LogP contribution in [0.25, 0.3) is 0 Å². The summed E-state index contributed by atoms with van der Waals surface area (Å²) >= 11 is 0. The molecule has 1 aliphatic rings. The van der Waals surface area contributed by atoms with Crippen molar-refractivity contribution >= 4 is 5.69 Å². The molecule has 0 spiro atoms. The van der Waals surface area contributed by atoms with Crippen LogP contribution in [0.2, 0.25) is 0 Å². The first kappa shape index (κ1) is 8.56. The molecule has 0 amide bonds. The van der Waals surface area contributed by atoms with Gasteiger partial charge in [-0.2, -0.15) is 5.10 Å². The number of hydrogen-bond acceptors (Lipinski definition) is 3. The van der Waals surface area contributed by atoms with E-state index in [2.05, 4.69) is 17.3 Å². The van der Waals surface area contributed by atoms with Crippen molar-refractivity contribution in [2.24, 2.45) is 7.05 Å². The summed E-state index contributed by atoms with van der Waals surface area (Å²) in [5.41, 5.74) is 2.30. The van der Waals surface area contributed by atoms with Crippen LogP contribution in [0.3, 0.4) is 0 Å². The Balaban J connectivity index is 2.04. The molecule has 0 radical (unpaired) electrons. The molecule has 1 atom stereocenters. The Morgan fingerprint density at radius 1 is 1.69 bits per heavy atom. The molecule has 1 fully saturated rings. The van der Waals surface area contributed by atoms with Crippen LogP contribution in [0.5, 0.6) is 0 Å². The molecule has 1 aromatic heterocycles. The van der Waals surface area contributed by atoms with E-state index in [0.717, 1.165) is 25.3 Å². The Morgan fingerprint density at radius 3 is 3.08 bits per heavy atom. The number of aromatic nitrogens is 2. The highest BCUT2D eigenvalue weighted by Crippen LogP contribution is 2.16. The maximum Gasteiger partial charge on any atom is 0.0759 e.